The molecule has 0 radical (unpaired) electrons. The maximum atomic E-state index is 11.7. The van der Waals surface area contributed by atoms with Crippen molar-refractivity contribution < 1.29 is 38.6 Å². The number of nitro groups is 3. The monoisotopic (exact) mass is 645 g/mol. The Bertz CT molecular complexity index is 1400. The van der Waals surface area contributed by atoms with Crippen LogP contribution < -0.4 is 14.2 Å². The van der Waals surface area contributed by atoms with Gasteiger partial charge < -0.3 is 14.2 Å². The van der Waals surface area contributed by atoms with Gasteiger partial charge in [-0.1, -0.05) is 0 Å². The highest BCUT2D eigenvalue weighted by atomic mass is 35.5. The SMILES string of the molecule is O=C(CCCCCOc1ccc([N+](=O)[O-])cc1)Oc1ccc([N+](=O)[O-])cc1.O=C(Cl)CCCCCOc1ccc([N+](=O)[O-])cc1. The van der Waals surface area contributed by atoms with Gasteiger partial charge in [-0.25, -0.2) is 0 Å². The van der Waals surface area contributed by atoms with Crippen LogP contribution in [0.1, 0.15) is 51.4 Å². The van der Waals surface area contributed by atoms with E-state index in [-0.39, 0.29) is 34.5 Å². The van der Waals surface area contributed by atoms with Crippen molar-refractivity contribution in [2.45, 2.75) is 51.4 Å². The lowest BCUT2D eigenvalue weighted by molar-refractivity contribution is -0.385. The van der Waals surface area contributed by atoms with E-state index >= 15 is 0 Å². The van der Waals surface area contributed by atoms with Crippen LogP contribution >= 0.6 is 11.6 Å². The first-order valence-electron chi connectivity index (χ1n) is 13.9. The van der Waals surface area contributed by atoms with Gasteiger partial charge in [0, 0.05) is 49.2 Å². The smallest absolute Gasteiger partial charge is 0.311 e. The average molecular weight is 646 g/mol. The van der Waals surface area contributed by atoms with E-state index in [9.17, 15) is 39.9 Å². The first-order valence-corrected chi connectivity index (χ1v) is 14.3. The molecular formula is C30H32ClN3O11. The Morgan fingerprint density at radius 3 is 1.24 bits per heavy atom. The molecule has 0 aliphatic carbocycles. The number of benzene rings is 3. The van der Waals surface area contributed by atoms with Crippen LogP contribution in [-0.2, 0) is 9.59 Å². The molecule has 0 spiro atoms. The maximum Gasteiger partial charge on any atom is 0.311 e. The molecule has 0 amide bonds. The van der Waals surface area contributed by atoms with Gasteiger partial charge in [0.15, 0.2) is 0 Å². The Labute approximate surface area is 263 Å². The molecule has 0 bridgehead atoms. The first-order chi connectivity index (χ1) is 21.5. The predicted molar refractivity (Wildman–Crippen MR) is 164 cm³/mol. The van der Waals surface area contributed by atoms with Crippen LogP contribution in [0, 0.1) is 30.3 Å². The lowest BCUT2D eigenvalue weighted by Gasteiger charge is -2.06. The Kier molecular flexibility index (Phi) is 16.0. The van der Waals surface area contributed by atoms with E-state index in [1.807, 2.05) is 0 Å². The largest absolute Gasteiger partial charge is 0.494 e. The summed E-state index contributed by atoms with van der Waals surface area (Å²) in [6.45, 7) is 0.962. The molecule has 0 aliphatic heterocycles. The normalized spacial score (nSPS) is 10.2. The van der Waals surface area contributed by atoms with Crippen molar-refractivity contribution in [3.63, 3.8) is 0 Å². The number of nitrogens with zero attached hydrogens (tertiary/aromatic N) is 3. The third-order valence-corrected chi connectivity index (χ3v) is 6.14. The lowest BCUT2D eigenvalue weighted by Crippen LogP contribution is -2.08. The van der Waals surface area contributed by atoms with Crippen molar-refractivity contribution in [2.75, 3.05) is 13.2 Å². The fraction of sp³-hybridized carbons (Fsp3) is 0.333. The zero-order chi connectivity index (χ0) is 33.0. The van der Waals surface area contributed by atoms with Crippen molar-refractivity contribution in [1.29, 1.82) is 0 Å². The van der Waals surface area contributed by atoms with Crippen LogP contribution in [-0.4, -0.2) is 39.2 Å². The number of hydrogen-bond acceptors (Lipinski definition) is 11. The standard InChI is InChI=1S/C18H18N2O7.C12H14ClNO4/c21-18(27-17-11-7-15(8-12-17)20(24)25)4-2-1-3-13-26-16-9-5-14(6-10-16)19(22)23;13-12(15)4-2-1-3-9-18-11-7-5-10(6-8-11)14(16)17/h5-12H,1-4,13H2;5-8H,1-4,9H2. The van der Waals surface area contributed by atoms with E-state index in [4.69, 9.17) is 25.8 Å². The molecule has 0 atom stereocenters. The molecule has 0 saturated heterocycles. The van der Waals surface area contributed by atoms with Crippen molar-refractivity contribution in [1.82, 2.24) is 0 Å². The number of nitro benzene ring substituents is 3. The molecule has 3 aromatic carbocycles. The fourth-order valence-electron chi connectivity index (χ4n) is 3.62. The summed E-state index contributed by atoms with van der Waals surface area (Å²) in [7, 11) is 0. The minimum Gasteiger partial charge on any atom is -0.494 e. The Morgan fingerprint density at radius 2 is 0.889 bits per heavy atom. The summed E-state index contributed by atoms with van der Waals surface area (Å²) in [6, 6.07) is 17.1. The third kappa shape index (κ3) is 15.3. The van der Waals surface area contributed by atoms with E-state index in [0.717, 1.165) is 32.1 Å². The molecule has 3 rings (SSSR count). The number of carbonyl (C=O) groups excluding carboxylic acids is 2. The molecule has 0 aliphatic rings. The minimum atomic E-state index is -0.523. The van der Waals surface area contributed by atoms with E-state index < -0.39 is 20.7 Å². The van der Waals surface area contributed by atoms with Gasteiger partial charge in [0.05, 0.1) is 28.0 Å². The fourth-order valence-corrected chi connectivity index (χ4v) is 3.75. The summed E-state index contributed by atoms with van der Waals surface area (Å²) >= 11 is 5.20. The Balaban J connectivity index is 0.000000341. The number of unbranched alkanes of at least 4 members (excludes halogenated alkanes) is 4. The molecule has 0 saturated carbocycles. The van der Waals surface area contributed by atoms with Gasteiger partial charge in [-0.15, -0.1) is 0 Å². The number of rotatable bonds is 18. The number of ether oxygens (including phenoxy) is 3. The highest BCUT2D eigenvalue weighted by Crippen LogP contribution is 2.20. The van der Waals surface area contributed by atoms with E-state index in [2.05, 4.69) is 0 Å². The number of esters is 1. The molecule has 240 valence electrons. The summed E-state index contributed by atoms with van der Waals surface area (Å²) in [6.07, 6.45) is 5.16. The first kappa shape index (κ1) is 36.1. The predicted octanol–water partition coefficient (Wildman–Crippen LogP) is 7.35. The van der Waals surface area contributed by atoms with Crippen LogP contribution in [0.4, 0.5) is 17.1 Å². The van der Waals surface area contributed by atoms with Crippen molar-refractivity contribution in [2.24, 2.45) is 0 Å². The molecule has 0 heterocycles. The molecule has 45 heavy (non-hydrogen) atoms. The Morgan fingerprint density at radius 1 is 0.533 bits per heavy atom. The van der Waals surface area contributed by atoms with Crippen LogP contribution in [0.3, 0.4) is 0 Å². The highest BCUT2D eigenvalue weighted by molar-refractivity contribution is 6.63. The van der Waals surface area contributed by atoms with Gasteiger partial charge in [-0.2, -0.15) is 0 Å². The van der Waals surface area contributed by atoms with E-state index in [0.29, 0.717) is 37.6 Å². The van der Waals surface area contributed by atoms with Gasteiger partial charge in [0.1, 0.15) is 17.2 Å². The van der Waals surface area contributed by atoms with Gasteiger partial charge in [-0.05, 0) is 86.5 Å². The van der Waals surface area contributed by atoms with Crippen molar-refractivity contribution in [3.8, 4) is 17.2 Å². The molecule has 0 N–H and O–H groups in total. The van der Waals surface area contributed by atoms with Gasteiger partial charge in [0.2, 0.25) is 5.24 Å². The third-order valence-electron chi connectivity index (χ3n) is 5.95. The highest BCUT2D eigenvalue weighted by Gasteiger charge is 2.09. The van der Waals surface area contributed by atoms with Crippen molar-refractivity contribution >= 4 is 39.9 Å². The van der Waals surface area contributed by atoms with Gasteiger partial charge in [0.25, 0.3) is 17.1 Å². The number of non-ortho nitro benzene ring substituents is 3. The lowest BCUT2D eigenvalue weighted by atomic mass is 10.2. The zero-order valence-corrected chi connectivity index (χ0v) is 25.0. The molecule has 14 nitrogen and oxygen atoms in total. The minimum absolute atomic E-state index is 0.00823. The summed E-state index contributed by atoms with van der Waals surface area (Å²) in [5.41, 5.74) is -0.0142. The van der Waals surface area contributed by atoms with E-state index in [1.165, 1.54) is 48.5 Å². The topological polar surface area (TPSA) is 191 Å². The molecular weight excluding hydrogens is 614 g/mol. The number of hydrogen-bond donors (Lipinski definition) is 0. The second-order valence-corrected chi connectivity index (χ2v) is 9.82. The van der Waals surface area contributed by atoms with E-state index in [1.54, 1.807) is 24.3 Å². The molecule has 0 aromatic heterocycles. The molecule has 0 unspecified atom stereocenters. The van der Waals surface area contributed by atoms with Crippen LogP contribution in [0.25, 0.3) is 0 Å². The maximum absolute atomic E-state index is 11.7. The zero-order valence-electron chi connectivity index (χ0n) is 24.2. The van der Waals surface area contributed by atoms with Crippen molar-refractivity contribution in [3.05, 3.63) is 103 Å². The second kappa shape index (κ2) is 20.0. The second-order valence-electron chi connectivity index (χ2n) is 9.40. The summed E-state index contributed by atoms with van der Waals surface area (Å²) in [4.78, 5) is 52.3. The summed E-state index contributed by atoms with van der Waals surface area (Å²) in [5, 5.41) is 31.2. The molecule has 15 heteroatoms. The number of halogens is 1. The van der Waals surface area contributed by atoms with Gasteiger partial charge in [-0.3, -0.25) is 39.9 Å². The number of carbonyl (C=O) groups is 2. The summed E-state index contributed by atoms with van der Waals surface area (Å²) in [5.74, 6) is 1.03. The van der Waals surface area contributed by atoms with Gasteiger partial charge >= 0.3 is 5.97 Å². The molecule has 0 fully saturated rings. The Hall–Kier alpha value is -5.11. The molecule has 3 aromatic rings. The quantitative estimate of drug-likeness (QED) is 0.0335. The van der Waals surface area contributed by atoms with Crippen LogP contribution in [0.2, 0.25) is 0 Å². The van der Waals surface area contributed by atoms with Crippen LogP contribution in [0.15, 0.2) is 72.8 Å². The summed E-state index contributed by atoms with van der Waals surface area (Å²) < 4.78 is 16.0. The average Bonchev–Trinajstić information content (AvgIpc) is 3.01. The van der Waals surface area contributed by atoms with Crippen LogP contribution in [0.5, 0.6) is 17.2 Å².